The molecule has 0 saturated carbocycles. The molecule has 1 aliphatic rings. The number of hydrogen-bond acceptors (Lipinski definition) is 2. The Labute approximate surface area is 55.0 Å². The molecule has 0 atom stereocenters. The van der Waals surface area contributed by atoms with Crippen LogP contribution in [0.1, 0.15) is 6.42 Å². The lowest BCUT2D eigenvalue weighted by Gasteiger charge is -2.11. The fourth-order valence-corrected chi connectivity index (χ4v) is 0.972. The summed E-state index contributed by atoms with van der Waals surface area (Å²) in [4.78, 5) is 12.0. The standard InChI is InChI=1S/C6H12N2O/c9-6-8-4-1-2-7-3-5-8/h6-7H,1-5H2. The van der Waals surface area contributed by atoms with Gasteiger partial charge in [-0.1, -0.05) is 0 Å². The van der Waals surface area contributed by atoms with E-state index in [4.69, 9.17) is 0 Å². The van der Waals surface area contributed by atoms with Gasteiger partial charge in [-0.15, -0.1) is 0 Å². The number of amides is 1. The van der Waals surface area contributed by atoms with Crippen molar-refractivity contribution in [3.8, 4) is 0 Å². The molecule has 1 saturated heterocycles. The molecule has 1 amide bonds. The molecule has 0 aromatic carbocycles. The maximum atomic E-state index is 10.2. The summed E-state index contributed by atoms with van der Waals surface area (Å²) >= 11 is 0. The second kappa shape index (κ2) is 3.45. The van der Waals surface area contributed by atoms with Gasteiger partial charge in [0.1, 0.15) is 0 Å². The number of rotatable bonds is 1. The van der Waals surface area contributed by atoms with Crippen molar-refractivity contribution < 1.29 is 4.79 Å². The first-order valence-electron chi connectivity index (χ1n) is 3.33. The zero-order chi connectivity index (χ0) is 6.53. The molecule has 0 unspecified atom stereocenters. The summed E-state index contributed by atoms with van der Waals surface area (Å²) < 4.78 is 0. The van der Waals surface area contributed by atoms with Crippen LogP contribution in [0.15, 0.2) is 0 Å². The third kappa shape index (κ3) is 2.01. The van der Waals surface area contributed by atoms with Crippen molar-refractivity contribution >= 4 is 6.41 Å². The molecule has 1 fully saturated rings. The molecule has 3 heteroatoms. The number of carbonyl (C=O) groups excluding carboxylic acids is 1. The lowest BCUT2D eigenvalue weighted by atomic mass is 10.4. The molecule has 1 rings (SSSR count). The van der Waals surface area contributed by atoms with Gasteiger partial charge in [0.05, 0.1) is 0 Å². The zero-order valence-corrected chi connectivity index (χ0v) is 5.47. The van der Waals surface area contributed by atoms with Crippen LogP contribution in [0.25, 0.3) is 0 Å². The van der Waals surface area contributed by atoms with Gasteiger partial charge in [-0.25, -0.2) is 0 Å². The largest absolute Gasteiger partial charge is 0.344 e. The van der Waals surface area contributed by atoms with Crippen molar-refractivity contribution in [2.24, 2.45) is 0 Å². The summed E-state index contributed by atoms with van der Waals surface area (Å²) in [6, 6.07) is 0. The predicted molar refractivity (Wildman–Crippen MR) is 35.1 cm³/mol. The average Bonchev–Trinajstić information content (AvgIpc) is 2.13. The predicted octanol–water partition coefficient (Wildman–Crippen LogP) is -0.562. The minimum absolute atomic E-state index is 0.865. The van der Waals surface area contributed by atoms with E-state index < -0.39 is 0 Å². The Morgan fingerprint density at radius 2 is 2.22 bits per heavy atom. The maximum absolute atomic E-state index is 10.2. The highest BCUT2D eigenvalue weighted by atomic mass is 16.1. The summed E-state index contributed by atoms with van der Waals surface area (Å²) in [6.07, 6.45) is 2.01. The van der Waals surface area contributed by atoms with E-state index in [0.717, 1.165) is 39.0 Å². The Kier molecular flexibility index (Phi) is 2.51. The van der Waals surface area contributed by atoms with E-state index in [1.807, 2.05) is 0 Å². The van der Waals surface area contributed by atoms with E-state index in [-0.39, 0.29) is 0 Å². The second-order valence-electron chi connectivity index (χ2n) is 2.24. The Hall–Kier alpha value is -0.570. The van der Waals surface area contributed by atoms with Gasteiger partial charge < -0.3 is 10.2 Å². The van der Waals surface area contributed by atoms with Gasteiger partial charge in [-0.2, -0.15) is 0 Å². The van der Waals surface area contributed by atoms with Crippen LogP contribution in [0.3, 0.4) is 0 Å². The molecule has 0 aromatic rings. The molecule has 0 aromatic heterocycles. The van der Waals surface area contributed by atoms with Crippen molar-refractivity contribution in [1.29, 1.82) is 0 Å². The summed E-state index contributed by atoms with van der Waals surface area (Å²) in [5, 5.41) is 3.21. The minimum Gasteiger partial charge on any atom is -0.344 e. The molecule has 3 nitrogen and oxygen atoms in total. The fraction of sp³-hybridized carbons (Fsp3) is 0.833. The van der Waals surface area contributed by atoms with Gasteiger partial charge in [0, 0.05) is 19.6 Å². The normalized spacial score (nSPS) is 21.1. The maximum Gasteiger partial charge on any atom is 0.209 e. The summed E-state index contributed by atoms with van der Waals surface area (Å²) in [7, 11) is 0. The molecule has 0 bridgehead atoms. The van der Waals surface area contributed by atoms with Crippen LogP contribution >= 0.6 is 0 Å². The number of hydrogen-bond donors (Lipinski definition) is 1. The third-order valence-corrected chi connectivity index (χ3v) is 1.52. The van der Waals surface area contributed by atoms with Gasteiger partial charge >= 0.3 is 0 Å². The zero-order valence-electron chi connectivity index (χ0n) is 5.47. The summed E-state index contributed by atoms with van der Waals surface area (Å²) in [5.41, 5.74) is 0. The van der Waals surface area contributed by atoms with Crippen LogP contribution in [0.2, 0.25) is 0 Å². The minimum atomic E-state index is 0.865. The monoisotopic (exact) mass is 128 g/mol. The van der Waals surface area contributed by atoms with Crippen LogP contribution < -0.4 is 5.32 Å². The van der Waals surface area contributed by atoms with Gasteiger partial charge in [0.25, 0.3) is 0 Å². The number of nitrogens with one attached hydrogen (secondary N) is 1. The van der Waals surface area contributed by atoms with Gasteiger partial charge in [0.2, 0.25) is 6.41 Å². The Balaban J connectivity index is 2.26. The molecule has 0 aliphatic carbocycles. The first-order valence-corrected chi connectivity index (χ1v) is 3.33. The van der Waals surface area contributed by atoms with E-state index in [1.54, 1.807) is 4.90 Å². The smallest absolute Gasteiger partial charge is 0.209 e. The number of carbonyl (C=O) groups is 1. The molecule has 1 aliphatic heterocycles. The average molecular weight is 128 g/mol. The van der Waals surface area contributed by atoms with Crippen LogP contribution in [0.4, 0.5) is 0 Å². The van der Waals surface area contributed by atoms with Crippen molar-refractivity contribution in [1.82, 2.24) is 10.2 Å². The first-order chi connectivity index (χ1) is 4.43. The summed E-state index contributed by atoms with van der Waals surface area (Å²) in [6.45, 7) is 3.77. The summed E-state index contributed by atoms with van der Waals surface area (Å²) in [5.74, 6) is 0. The Bertz CT molecular complexity index is 87.1. The lowest BCUT2D eigenvalue weighted by Crippen LogP contribution is -2.26. The molecule has 9 heavy (non-hydrogen) atoms. The molecule has 0 radical (unpaired) electrons. The van der Waals surface area contributed by atoms with E-state index >= 15 is 0 Å². The molecular formula is C6H12N2O. The van der Waals surface area contributed by atoms with Crippen molar-refractivity contribution in [2.45, 2.75) is 6.42 Å². The molecule has 52 valence electrons. The van der Waals surface area contributed by atoms with Crippen molar-refractivity contribution in [3.05, 3.63) is 0 Å². The van der Waals surface area contributed by atoms with Gasteiger partial charge in [0.15, 0.2) is 0 Å². The van der Waals surface area contributed by atoms with E-state index in [9.17, 15) is 4.79 Å². The second-order valence-corrected chi connectivity index (χ2v) is 2.24. The van der Waals surface area contributed by atoms with Crippen LogP contribution in [-0.4, -0.2) is 37.5 Å². The van der Waals surface area contributed by atoms with Crippen molar-refractivity contribution in [2.75, 3.05) is 26.2 Å². The van der Waals surface area contributed by atoms with Crippen LogP contribution in [-0.2, 0) is 4.79 Å². The quantitative estimate of drug-likeness (QED) is 0.480. The Morgan fingerprint density at radius 3 is 3.00 bits per heavy atom. The van der Waals surface area contributed by atoms with Crippen molar-refractivity contribution in [3.63, 3.8) is 0 Å². The van der Waals surface area contributed by atoms with Gasteiger partial charge in [-0.05, 0) is 13.0 Å². The third-order valence-electron chi connectivity index (χ3n) is 1.52. The fourth-order valence-electron chi connectivity index (χ4n) is 0.972. The Morgan fingerprint density at radius 1 is 1.33 bits per heavy atom. The van der Waals surface area contributed by atoms with E-state index in [0.29, 0.717) is 0 Å². The highest BCUT2D eigenvalue weighted by Crippen LogP contribution is 1.89. The SMILES string of the molecule is O=CN1CCCNCC1. The number of nitrogens with zero attached hydrogens (tertiary/aromatic N) is 1. The molecule has 1 N–H and O–H groups in total. The molecular weight excluding hydrogens is 116 g/mol. The molecule has 1 heterocycles. The molecule has 0 spiro atoms. The van der Waals surface area contributed by atoms with Crippen LogP contribution in [0, 0.1) is 0 Å². The van der Waals surface area contributed by atoms with E-state index in [1.165, 1.54) is 0 Å². The van der Waals surface area contributed by atoms with E-state index in [2.05, 4.69) is 5.32 Å². The highest BCUT2D eigenvalue weighted by molar-refractivity contribution is 5.46. The topological polar surface area (TPSA) is 32.3 Å². The first kappa shape index (κ1) is 6.55. The van der Waals surface area contributed by atoms with Crippen LogP contribution in [0.5, 0.6) is 0 Å². The van der Waals surface area contributed by atoms with Gasteiger partial charge in [-0.3, -0.25) is 4.79 Å². The lowest BCUT2D eigenvalue weighted by molar-refractivity contribution is -0.117. The highest BCUT2D eigenvalue weighted by Gasteiger charge is 2.03.